The summed E-state index contributed by atoms with van der Waals surface area (Å²) < 4.78 is 24.7. The van der Waals surface area contributed by atoms with Gasteiger partial charge in [0.05, 0.1) is 23.0 Å². The van der Waals surface area contributed by atoms with E-state index in [0.29, 0.717) is 17.8 Å². The number of nitrogens with one attached hydrogen (secondary N) is 1. The van der Waals surface area contributed by atoms with Crippen molar-refractivity contribution in [3.8, 4) is 11.3 Å². The maximum Gasteiger partial charge on any atom is 0.255 e. The average molecular weight is 462 g/mol. The van der Waals surface area contributed by atoms with Crippen molar-refractivity contribution >= 4 is 15.9 Å². The molecule has 2 heterocycles. The SMILES string of the molecule is C[C@@H](NC(=O)c1cn(Cc2ccccc2)nc1-c1cccnc1)c1ccc(S(N)(=O)=O)cc1. The zero-order valence-electron chi connectivity index (χ0n) is 17.9. The molecule has 0 saturated heterocycles. The molecule has 3 N–H and O–H groups in total. The van der Waals surface area contributed by atoms with E-state index in [0.717, 1.165) is 16.7 Å². The van der Waals surface area contributed by atoms with Gasteiger partial charge in [0.15, 0.2) is 0 Å². The fourth-order valence-corrected chi connectivity index (χ4v) is 3.97. The third-order valence-corrected chi connectivity index (χ3v) is 6.11. The zero-order valence-corrected chi connectivity index (χ0v) is 18.7. The lowest BCUT2D eigenvalue weighted by molar-refractivity contribution is 0.0940. The Morgan fingerprint density at radius 3 is 2.42 bits per heavy atom. The Bertz CT molecular complexity index is 1350. The smallest absolute Gasteiger partial charge is 0.255 e. The van der Waals surface area contributed by atoms with Crippen LogP contribution in [-0.4, -0.2) is 29.1 Å². The highest BCUT2D eigenvalue weighted by molar-refractivity contribution is 7.89. The van der Waals surface area contributed by atoms with Gasteiger partial charge in [0.25, 0.3) is 5.91 Å². The number of benzene rings is 2. The molecule has 2 aromatic carbocycles. The molecule has 33 heavy (non-hydrogen) atoms. The van der Waals surface area contributed by atoms with Crippen molar-refractivity contribution < 1.29 is 13.2 Å². The van der Waals surface area contributed by atoms with Crippen molar-refractivity contribution in [1.29, 1.82) is 0 Å². The summed E-state index contributed by atoms with van der Waals surface area (Å²) in [7, 11) is -3.77. The number of sulfonamides is 1. The molecule has 0 fully saturated rings. The minimum atomic E-state index is -3.77. The Kier molecular flexibility index (Phi) is 6.34. The van der Waals surface area contributed by atoms with Crippen LogP contribution in [0.25, 0.3) is 11.3 Å². The van der Waals surface area contributed by atoms with Crippen LogP contribution in [-0.2, 0) is 16.6 Å². The van der Waals surface area contributed by atoms with Crippen LogP contribution in [0.5, 0.6) is 0 Å². The number of rotatable bonds is 7. The highest BCUT2D eigenvalue weighted by Crippen LogP contribution is 2.23. The van der Waals surface area contributed by atoms with E-state index in [1.807, 2.05) is 43.3 Å². The molecule has 0 saturated carbocycles. The molecule has 0 unspecified atom stereocenters. The molecule has 4 rings (SSSR count). The highest BCUT2D eigenvalue weighted by Gasteiger charge is 2.20. The van der Waals surface area contributed by atoms with Gasteiger partial charge in [0.1, 0.15) is 5.69 Å². The number of aromatic nitrogens is 3. The van der Waals surface area contributed by atoms with Gasteiger partial charge < -0.3 is 5.32 Å². The molecule has 0 aliphatic carbocycles. The summed E-state index contributed by atoms with van der Waals surface area (Å²) in [5.74, 6) is -0.295. The number of primary sulfonamides is 1. The van der Waals surface area contributed by atoms with Crippen LogP contribution < -0.4 is 10.5 Å². The molecule has 168 valence electrons. The van der Waals surface area contributed by atoms with Gasteiger partial charge in [0.2, 0.25) is 10.0 Å². The highest BCUT2D eigenvalue weighted by atomic mass is 32.2. The minimum absolute atomic E-state index is 0.0193. The quantitative estimate of drug-likeness (QED) is 0.438. The minimum Gasteiger partial charge on any atom is -0.345 e. The van der Waals surface area contributed by atoms with Crippen molar-refractivity contribution in [2.75, 3.05) is 0 Å². The predicted octanol–water partition coefficient (Wildman–Crippen LogP) is 3.13. The van der Waals surface area contributed by atoms with Crippen LogP contribution in [0.1, 0.15) is 34.5 Å². The first-order chi connectivity index (χ1) is 15.8. The molecule has 0 bridgehead atoms. The first kappa shape index (κ1) is 22.4. The Balaban J connectivity index is 1.60. The number of hydrogen-bond donors (Lipinski definition) is 2. The molecule has 4 aromatic rings. The monoisotopic (exact) mass is 461 g/mol. The second-order valence-electron chi connectivity index (χ2n) is 7.63. The number of nitrogens with zero attached hydrogens (tertiary/aromatic N) is 3. The first-order valence-electron chi connectivity index (χ1n) is 10.3. The van der Waals surface area contributed by atoms with E-state index in [-0.39, 0.29) is 16.8 Å². The van der Waals surface area contributed by atoms with Gasteiger partial charge in [-0.1, -0.05) is 42.5 Å². The van der Waals surface area contributed by atoms with Gasteiger partial charge in [0, 0.05) is 24.2 Å². The third kappa shape index (κ3) is 5.33. The molecule has 0 radical (unpaired) electrons. The Morgan fingerprint density at radius 1 is 1.06 bits per heavy atom. The summed E-state index contributed by atoms with van der Waals surface area (Å²) in [5.41, 5.74) is 3.50. The van der Waals surface area contributed by atoms with E-state index in [1.165, 1.54) is 12.1 Å². The van der Waals surface area contributed by atoms with Gasteiger partial charge in [-0.25, -0.2) is 13.6 Å². The fraction of sp³-hybridized carbons (Fsp3) is 0.125. The number of pyridine rings is 1. The third-order valence-electron chi connectivity index (χ3n) is 5.18. The van der Waals surface area contributed by atoms with E-state index in [1.54, 1.807) is 41.5 Å². The fourth-order valence-electron chi connectivity index (χ4n) is 3.46. The van der Waals surface area contributed by atoms with Crippen molar-refractivity contribution in [2.24, 2.45) is 5.14 Å². The topological polar surface area (TPSA) is 120 Å². The van der Waals surface area contributed by atoms with E-state index >= 15 is 0 Å². The maximum absolute atomic E-state index is 13.2. The van der Waals surface area contributed by atoms with Crippen LogP contribution in [0.4, 0.5) is 0 Å². The van der Waals surface area contributed by atoms with E-state index in [4.69, 9.17) is 5.14 Å². The van der Waals surface area contributed by atoms with Gasteiger partial charge in [-0.15, -0.1) is 0 Å². The summed E-state index contributed by atoms with van der Waals surface area (Å²) in [6, 6.07) is 19.2. The van der Waals surface area contributed by atoms with Gasteiger partial charge in [-0.2, -0.15) is 5.10 Å². The molecule has 0 aliphatic rings. The van der Waals surface area contributed by atoms with Crippen LogP contribution >= 0.6 is 0 Å². The molecule has 1 atom stereocenters. The number of carbonyl (C=O) groups is 1. The molecule has 9 heteroatoms. The summed E-state index contributed by atoms with van der Waals surface area (Å²) in [6.07, 6.45) is 5.06. The van der Waals surface area contributed by atoms with Crippen molar-refractivity contribution in [3.63, 3.8) is 0 Å². The standard InChI is InChI=1S/C24H23N5O3S/c1-17(19-9-11-21(12-10-19)33(25,31)32)27-24(30)22-16-29(15-18-6-3-2-4-7-18)28-23(22)20-8-5-13-26-14-20/h2-14,16-17H,15H2,1H3,(H,27,30)(H2,25,31,32)/t17-/m1/s1. The maximum atomic E-state index is 13.2. The van der Waals surface area contributed by atoms with E-state index in [9.17, 15) is 13.2 Å². The van der Waals surface area contributed by atoms with Crippen LogP contribution in [0, 0.1) is 0 Å². The second-order valence-corrected chi connectivity index (χ2v) is 9.19. The van der Waals surface area contributed by atoms with Crippen molar-refractivity contribution in [1.82, 2.24) is 20.1 Å². The molecule has 8 nitrogen and oxygen atoms in total. The number of amides is 1. The van der Waals surface area contributed by atoms with Crippen molar-refractivity contribution in [3.05, 3.63) is 102 Å². The average Bonchev–Trinajstić information content (AvgIpc) is 3.24. The zero-order chi connectivity index (χ0) is 23.4. The lowest BCUT2D eigenvalue weighted by Crippen LogP contribution is -2.27. The lowest BCUT2D eigenvalue weighted by atomic mass is 10.1. The molecule has 0 spiro atoms. The van der Waals surface area contributed by atoms with Gasteiger partial charge >= 0.3 is 0 Å². The summed E-state index contributed by atoms with van der Waals surface area (Å²) in [5, 5.41) is 12.8. The molecule has 2 aromatic heterocycles. The van der Waals surface area contributed by atoms with E-state index in [2.05, 4.69) is 15.4 Å². The van der Waals surface area contributed by atoms with Crippen molar-refractivity contribution in [2.45, 2.75) is 24.4 Å². The van der Waals surface area contributed by atoms with Gasteiger partial charge in [-0.05, 0) is 42.3 Å². The van der Waals surface area contributed by atoms with Gasteiger partial charge in [-0.3, -0.25) is 14.5 Å². The molecular formula is C24H23N5O3S. The summed E-state index contributed by atoms with van der Waals surface area (Å²) >= 11 is 0. The molecular weight excluding hydrogens is 438 g/mol. The Hall–Kier alpha value is -3.82. The Morgan fingerprint density at radius 2 is 1.79 bits per heavy atom. The second kappa shape index (κ2) is 9.35. The number of nitrogens with two attached hydrogens (primary N) is 1. The van der Waals surface area contributed by atoms with Crippen LogP contribution in [0.15, 0.2) is 90.2 Å². The normalized spacial score (nSPS) is 12.3. The molecule has 0 aliphatic heterocycles. The largest absolute Gasteiger partial charge is 0.345 e. The van der Waals surface area contributed by atoms with Crippen LogP contribution in [0.3, 0.4) is 0 Å². The summed E-state index contributed by atoms with van der Waals surface area (Å²) in [6.45, 7) is 2.34. The molecule has 1 amide bonds. The number of carbonyl (C=O) groups excluding carboxylic acids is 1. The first-order valence-corrected chi connectivity index (χ1v) is 11.8. The Labute approximate surface area is 192 Å². The lowest BCUT2D eigenvalue weighted by Gasteiger charge is -2.14. The predicted molar refractivity (Wildman–Crippen MR) is 125 cm³/mol. The van der Waals surface area contributed by atoms with Crippen LogP contribution in [0.2, 0.25) is 0 Å². The summed E-state index contributed by atoms with van der Waals surface area (Å²) in [4.78, 5) is 17.4. The number of hydrogen-bond acceptors (Lipinski definition) is 5. The van der Waals surface area contributed by atoms with E-state index < -0.39 is 10.0 Å².